The predicted molar refractivity (Wildman–Crippen MR) is 114 cm³/mol. The maximum absolute atomic E-state index is 6.60. The van der Waals surface area contributed by atoms with Crippen molar-refractivity contribution in [1.29, 1.82) is 0 Å². The van der Waals surface area contributed by atoms with Crippen LogP contribution in [0.4, 0.5) is 0 Å². The minimum atomic E-state index is 0.177. The number of nitrogens with two attached hydrogens (primary N) is 1. The molecule has 0 bridgehead atoms. The summed E-state index contributed by atoms with van der Waals surface area (Å²) in [6.07, 6.45) is 8.02. The van der Waals surface area contributed by atoms with Crippen LogP contribution in [0.2, 0.25) is 0 Å². The number of piperidine rings is 1. The van der Waals surface area contributed by atoms with Crippen LogP contribution in [-0.4, -0.2) is 24.5 Å². The molecule has 1 heterocycles. The van der Waals surface area contributed by atoms with Crippen molar-refractivity contribution >= 4 is 0 Å². The van der Waals surface area contributed by atoms with Crippen molar-refractivity contribution in [3.8, 4) is 0 Å². The number of benzene rings is 2. The molecule has 1 saturated heterocycles. The summed E-state index contributed by atoms with van der Waals surface area (Å²) in [5, 5.41) is 0. The predicted octanol–water partition coefficient (Wildman–Crippen LogP) is 4.99. The lowest BCUT2D eigenvalue weighted by Gasteiger charge is -2.48. The van der Waals surface area contributed by atoms with Crippen molar-refractivity contribution < 1.29 is 0 Å². The number of hydrogen-bond acceptors (Lipinski definition) is 2. The molecule has 1 saturated carbocycles. The van der Waals surface area contributed by atoms with Crippen molar-refractivity contribution in [3.63, 3.8) is 0 Å². The first-order chi connectivity index (χ1) is 13.3. The van der Waals surface area contributed by atoms with Gasteiger partial charge in [0, 0.05) is 18.5 Å². The van der Waals surface area contributed by atoms with Crippen molar-refractivity contribution in [2.24, 2.45) is 17.6 Å². The van der Waals surface area contributed by atoms with Crippen LogP contribution in [0.1, 0.15) is 49.7 Å². The van der Waals surface area contributed by atoms with Crippen molar-refractivity contribution in [1.82, 2.24) is 4.90 Å². The Morgan fingerprint density at radius 2 is 1.33 bits per heavy atom. The fraction of sp³-hybridized carbons (Fsp3) is 0.520. The minimum absolute atomic E-state index is 0.177. The molecule has 0 amide bonds. The average molecular weight is 363 g/mol. The Hall–Kier alpha value is -1.64. The lowest BCUT2D eigenvalue weighted by Crippen LogP contribution is -2.51. The van der Waals surface area contributed by atoms with E-state index in [2.05, 4.69) is 65.6 Å². The molecule has 2 aliphatic rings. The Kier molecular flexibility index (Phi) is 5.95. The van der Waals surface area contributed by atoms with Crippen molar-refractivity contribution in [3.05, 3.63) is 71.8 Å². The molecule has 0 spiro atoms. The van der Waals surface area contributed by atoms with Gasteiger partial charge in [-0.15, -0.1) is 0 Å². The van der Waals surface area contributed by atoms with Crippen LogP contribution >= 0.6 is 0 Å². The molecule has 2 N–H and O–H groups in total. The molecule has 1 unspecified atom stereocenters. The highest BCUT2D eigenvalue weighted by molar-refractivity contribution is 5.29. The molecule has 2 nitrogen and oxygen atoms in total. The second-order valence-electron chi connectivity index (χ2n) is 8.63. The zero-order valence-corrected chi connectivity index (χ0v) is 16.5. The van der Waals surface area contributed by atoms with Crippen LogP contribution in [0, 0.1) is 11.8 Å². The van der Waals surface area contributed by atoms with E-state index in [0.717, 1.165) is 19.0 Å². The number of nitrogens with zero attached hydrogens (tertiary/aromatic N) is 1. The van der Waals surface area contributed by atoms with E-state index >= 15 is 0 Å². The number of rotatable bonds is 6. The lowest BCUT2D eigenvalue weighted by atomic mass is 9.59. The van der Waals surface area contributed by atoms with Gasteiger partial charge in [-0.3, -0.25) is 4.90 Å². The summed E-state index contributed by atoms with van der Waals surface area (Å²) in [7, 11) is 0. The molecule has 1 aliphatic carbocycles. The maximum Gasteiger partial charge on any atom is 0.0233 e. The lowest BCUT2D eigenvalue weighted by molar-refractivity contribution is 0.0881. The third-order valence-electron chi connectivity index (χ3n) is 7.30. The van der Waals surface area contributed by atoms with Gasteiger partial charge in [-0.05, 0) is 61.7 Å². The zero-order chi connectivity index (χ0) is 18.5. The van der Waals surface area contributed by atoms with Gasteiger partial charge in [0.05, 0.1) is 0 Å². The third kappa shape index (κ3) is 3.83. The topological polar surface area (TPSA) is 29.3 Å². The van der Waals surface area contributed by atoms with E-state index in [9.17, 15) is 0 Å². The molecule has 4 rings (SSSR count). The fourth-order valence-corrected chi connectivity index (χ4v) is 5.89. The normalized spacial score (nSPS) is 22.0. The van der Waals surface area contributed by atoms with Gasteiger partial charge >= 0.3 is 0 Å². The summed E-state index contributed by atoms with van der Waals surface area (Å²) in [6.45, 7) is 4.27. The monoisotopic (exact) mass is 362 g/mol. The summed E-state index contributed by atoms with van der Waals surface area (Å²) < 4.78 is 0. The average Bonchev–Trinajstić information content (AvgIpc) is 3.27. The molecular weight excluding hydrogens is 328 g/mol. The van der Waals surface area contributed by atoms with Crippen LogP contribution in [0.15, 0.2) is 60.7 Å². The second-order valence-corrected chi connectivity index (χ2v) is 8.63. The summed E-state index contributed by atoms with van der Waals surface area (Å²) >= 11 is 0. The molecule has 144 valence electrons. The number of likely N-dealkylation sites (tertiary alicyclic amines) is 1. The quantitative estimate of drug-likeness (QED) is 0.785. The molecule has 2 aromatic rings. The molecule has 0 radical (unpaired) electrons. The van der Waals surface area contributed by atoms with E-state index in [1.165, 1.54) is 62.7 Å². The molecule has 2 fully saturated rings. The standard InChI is InChI=1S/C25H34N2/c26-20-25(23-13-7-8-14-23,22-11-5-2-6-12-22)24-15-17-27(18-16-24)19-21-9-3-1-4-10-21/h1-6,9-12,23-24H,7-8,13-20,26H2. The highest BCUT2D eigenvalue weighted by Crippen LogP contribution is 2.49. The van der Waals surface area contributed by atoms with E-state index in [-0.39, 0.29) is 5.41 Å². The maximum atomic E-state index is 6.60. The van der Waals surface area contributed by atoms with Gasteiger partial charge < -0.3 is 5.73 Å². The summed E-state index contributed by atoms with van der Waals surface area (Å²) in [5.41, 5.74) is 9.70. The highest BCUT2D eigenvalue weighted by atomic mass is 15.1. The summed E-state index contributed by atoms with van der Waals surface area (Å²) in [4.78, 5) is 2.63. The van der Waals surface area contributed by atoms with Gasteiger partial charge in [0.1, 0.15) is 0 Å². The van der Waals surface area contributed by atoms with Crippen LogP contribution < -0.4 is 5.73 Å². The van der Waals surface area contributed by atoms with Gasteiger partial charge in [0.2, 0.25) is 0 Å². The van der Waals surface area contributed by atoms with E-state index in [1.807, 2.05) is 0 Å². The van der Waals surface area contributed by atoms with Gasteiger partial charge in [0.25, 0.3) is 0 Å². The first-order valence-electron chi connectivity index (χ1n) is 10.8. The minimum Gasteiger partial charge on any atom is -0.330 e. The van der Waals surface area contributed by atoms with Crippen LogP contribution in [0.5, 0.6) is 0 Å². The van der Waals surface area contributed by atoms with E-state index in [1.54, 1.807) is 0 Å². The molecular formula is C25H34N2. The largest absolute Gasteiger partial charge is 0.330 e. The Morgan fingerprint density at radius 3 is 1.93 bits per heavy atom. The van der Waals surface area contributed by atoms with E-state index < -0.39 is 0 Å². The molecule has 0 aromatic heterocycles. The first kappa shape index (κ1) is 18.7. The highest BCUT2D eigenvalue weighted by Gasteiger charge is 2.47. The number of hydrogen-bond donors (Lipinski definition) is 1. The summed E-state index contributed by atoms with van der Waals surface area (Å²) in [6, 6.07) is 22.2. The Balaban J connectivity index is 1.52. The smallest absolute Gasteiger partial charge is 0.0233 e. The van der Waals surface area contributed by atoms with E-state index in [4.69, 9.17) is 5.73 Å². The van der Waals surface area contributed by atoms with Gasteiger partial charge in [0.15, 0.2) is 0 Å². The first-order valence-corrected chi connectivity index (χ1v) is 10.8. The molecule has 2 heteroatoms. The Bertz CT molecular complexity index is 685. The third-order valence-corrected chi connectivity index (χ3v) is 7.30. The zero-order valence-electron chi connectivity index (χ0n) is 16.5. The van der Waals surface area contributed by atoms with Crippen molar-refractivity contribution in [2.45, 2.75) is 50.5 Å². The van der Waals surface area contributed by atoms with Crippen LogP contribution in [-0.2, 0) is 12.0 Å². The molecule has 27 heavy (non-hydrogen) atoms. The van der Waals surface area contributed by atoms with Crippen LogP contribution in [0.3, 0.4) is 0 Å². The fourth-order valence-electron chi connectivity index (χ4n) is 5.89. The summed E-state index contributed by atoms with van der Waals surface area (Å²) in [5.74, 6) is 1.47. The SMILES string of the molecule is NCC(c1ccccc1)(C1CCCC1)C1CCN(Cc2ccccc2)CC1. The van der Waals surface area contributed by atoms with Crippen molar-refractivity contribution in [2.75, 3.05) is 19.6 Å². The second kappa shape index (κ2) is 8.58. The van der Waals surface area contributed by atoms with Gasteiger partial charge in [-0.25, -0.2) is 0 Å². The van der Waals surface area contributed by atoms with Gasteiger partial charge in [-0.1, -0.05) is 73.5 Å². The Morgan fingerprint density at radius 1 is 0.778 bits per heavy atom. The molecule has 1 atom stereocenters. The van der Waals surface area contributed by atoms with E-state index in [0.29, 0.717) is 5.92 Å². The molecule has 2 aromatic carbocycles. The van der Waals surface area contributed by atoms with Crippen LogP contribution in [0.25, 0.3) is 0 Å². The molecule has 1 aliphatic heterocycles. The Labute approximate surface area is 164 Å². The van der Waals surface area contributed by atoms with Gasteiger partial charge in [-0.2, -0.15) is 0 Å².